The first kappa shape index (κ1) is 14.3. The molecule has 19 heavy (non-hydrogen) atoms. The van der Waals surface area contributed by atoms with Crippen LogP contribution in [0.15, 0.2) is 18.2 Å². The summed E-state index contributed by atoms with van der Waals surface area (Å²) in [6.45, 7) is 2.90. The zero-order valence-corrected chi connectivity index (χ0v) is 11.7. The number of nitrogens with one attached hydrogen (secondary N) is 2. The van der Waals surface area contributed by atoms with Crippen molar-refractivity contribution in [3.63, 3.8) is 0 Å². The van der Waals surface area contributed by atoms with Gasteiger partial charge in [0, 0.05) is 5.69 Å². The first-order valence-corrected chi connectivity index (χ1v) is 6.97. The van der Waals surface area contributed by atoms with E-state index in [-0.39, 0.29) is 10.9 Å². The van der Waals surface area contributed by atoms with Crippen LogP contribution in [0.4, 0.5) is 10.1 Å². The molecule has 104 valence electrons. The van der Waals surface area contributed by atoms with Crippen LogP contribution in [0.25, 0.3) is 0 Å². The van der Waals surface area contributed by atoms with Crippen LogP contribution in [0.1, 0.15) is 32.6 Å². The number of carbonyl (C=O) groups excluding carboxylic acids is 1. The lowest BCUT2D eigenvalue weighted by atomic mass is 9.91. The van der Waals surface area contributed by atoms with Crippen LogP contribution in [0.2, 0.25) is 5.02 Å². The number of halogens is 2. The average Bonchev–Trinajstić information content (AvgIpc) is 2.84. The van der Waals surface area contributed by atoms with E-state index in [4.69, 9.17) is 11.6 Å². The first-order valence-electron chi connectivity index (χ1n) is 6.59. The van der Waals surface area contributed by atoms with E-state index < -0.39 is 11.4 Å². The van der Waals surface area contributed by atoms with E-state index in [1.807, 2.05) is 0 Å². The highest BCUT2D eigenvalue weighted by molar-refractivity contribution is 6.30. The van der Waals surface area contributed by atoms with Crippen molar-refractivity contribution in [1.82, 2.24) is 5.32 Å². The van der Waals surface area contributed by atoms with E-state index in [9.17, 15) is 9.18 Å². The Morgan fingerprint density at radius 2 is 2.37 bits per heavy atom. The second-order valence-electron chi connectivity index (χ2n) is 4.95. The Morgan fingerprint density at radius 3 is 2.95 bits per heavy atom. The van der Waals surface area contributed by atoms with Crippen molar-refractivity contribution < 1.29 is 9.18 Å². The number of hydrogen-bond donors (Lipinski definition) is 2. The topological polar surface area (TPSA) is 41.1 Å². The summed E-state index contributed by atoms with van der Waals surface area (Å²) >= 11 is 5.62. The highest BCUT2D eigenvalue weighted by Crippen LogP contribution is 2.27. The molecular formula is C14H18ClFN2O. The van der Waals surface area contributed by atoms with Gasteiger partial charge in [-0.25, -0.2) is 4.39 Å². The fourth-order valence-corrected chi connectivity index (χ4v) is 2.70. The summed E-state index contributed by atoms with van der Waals surface area (Å²) in [6.07, 6.45) is 3.52. The monoisotopic (exact) mass is 284 g/mol. The van der Waals surface area contributed by atoms with Gasteiger partial charge in [0.05, 0.1) is 10.6 Å². The summed E-state index contributed by atoms with van der Waals surface area (Å²) in [4.78, 5) is 12.4. The number of anilines is 1. The third kappa shape index (κ3) is 3.07. The van der Waals surface area contributed by atoms with Crippen LogP contribution >= 0.6 is 11.6 Å². The molecule has 1 aromatic rings. The number of amides is 1. The Morgan fingerprint density at radius 1 is 1.58 bits per heavy atom. The van der Waals surface area contributed by atoms with E-state index in [1.54, 1.807) is 6.07 Å². The SMILES string of the molecule is CCCC1(C(=O)Nc2ccc(Cl)c(F)c2)CCCN1. The maximum atomic E-state index is 13.4. The van der Waals surface area contributed by atoms with Crippen molar-refractivity contribution >= 4 is 23.2 Å². The summed E-state index contributed by atoms with van der Waals surface area (Å²) in [5.74, 6) is -0.614. The van der Waals surface area contributed by atoms with Gasteiger partial charge in [-0.1, -0.05) is 24.9 Å². The van der Waals surface area contributed by atoms with Crippen LogP contribution < -0.4 is 10.6 Å². The van der Waals surface area contributed by atoms with Crippen molar-refractivity contribution in [3.8, 4) is 0 Å². The van der Waals surface area contributed by atoms with E-state index in [1.165, 1.54) is 12.1 Å². The van der Waals surface area contributed by atoms with Crippen molar-refractivity contribution in [2.45, 2.75) is 38.1 Å². The lowest BCUT2D eigenvalue weighted by Gasteiger charge is -2.27. The van der Waals surface area contributed by atoms with Gasteiger partial charge in [0.1, 0.15) is 5.82 Å². The van der Waals surface area contributed by atoms with Crippen molar-refractivity contribution in [3.05, 3.63) is 29.0 Å². The fraction of sp³-hybridized carbons (Fsp3) is 0.500. The Balaban J connectivity index is 2.12. The molecule has 0 saturated carbocycles. The minimum Gasteiger partial charge on any atom is -0.324 e. The molecule has 1 heterocycles. The number of hydrogen-bond acceptors (Lipinski definition) is 2. The Hall–Kier alpha value is -1.13. The maximum Gasteiger partial charge on any atom is 0.244 e. The molecule has 1 aliphatic rings. The quantitative estimate of drug-likeness (QED) is 0.890. The van der Waals surface area contributed by atoms with Crippen molar-refractivity contribution in [2.75, 3.05) is 11.9 Å². The van der Waals surface area contributed by atoms with Crippen LogP contribution in [-0.2, 0) is 4.79 Å². The zero-order chi connectivity index (χ0) is 13.9. The molecule has 0 radical (unpaired) electrons. The molecule has 1 unspecified atom stereocenters. The number of carbonyl (C=O) groups is 1. The highest BCUT2D eigenvalue weighted by atomic mass is 35.5. The Bertz CT molecular complexity index is 473. The van der Waals surface area contributed by atoms with Gasteiger partial charge in [-0.2, -0.15) is 0 Å². The van der Waals surface area contributed by atoms with E-state index in [0.29, 0.717) is 5.69 Å². The molecule has 1 atom stereocenters. The molecule has 0 aromatic heterocycles. The third-order valence-corrected chi connectivity index (χ3v) is 3.84. The van der Waals surface area contributed by atoms with Crippen LogP contribution in [-0.4, -0.2) is 18.0 Å². The van der Waals surface area contributed by atoms with Crippen LogP contribution in [0.5, 0.6) is 0 Å². The summed E-state index contributed by atoms with van der Waals surface area (Å²) in [6, 6.07) is 4.30. The first-order chi connectivity index (χ1) is 9.07. The molecule has 2 N–H and O–H groups in total. The smallest absolute Gasteiger partial charge is 0.244 e. The summed E-state index contributed by atoms with van der Waals surface area (Å²) in [5, 5.41) is 6.12. The van der Waals surface area contributed by atoms with Gasteiger partial charge < -0.3 is 10.6 Å². The van der Waals surface area contributed by atoms with Crippen LogP contribution in [0, 0.1) is 5.82 Å². The third-order valence-electron chi connectivity index (χ3n) is 3.53. The fourth-order valence-electron chi connectivity index (χ4n) is 2.58. The standard InChI is InChI=1S/C14H18ClFN2O/c1-2-6-14(7-3-8-17-14)13(19)18-10-4-5-11(15)12(16)9-10/h4-5,9,17H,2-3,6-8H2,1H3,(H,18,19). The average molecular weight is 285 g/mol. The Kier molecular flexibility index (Phi) is 4.42. The second kappa shape index (κ2) is 5.88. The number of rotatable bonds is 4. The summed E-state index contributed by atoms with van der Waals surface area (Å²) in [7, 11) is 0. The maximum absolute atomic E-state index is 13.4. The molecular weight excluding hydrogens is 267 g/mol. The highest BCUT2D eigenvalue weighted by Gasteiger charge is 2.39. The van der Waals surface area contributed by atoms with Gasteiger partial charge in [-0.05, 0) is 44.0 Å². The predicted molar refractivity (Wildman–Crippen MR) is 74.9 cm³/mol. The normalized spacial score (nSPS) is 22.5. The Labute approximate surface area is 117 Å². The van der Waals surface area contributed by atoms with Gasteiger partial charge in [0.25, 0.3) is 0 Å². The largest absolute Gasteiger partial charge is 0.324 e. The minimum atomic E-state index is -0.525. The van der Waals surface area contributed by atoms with Crippen molar-refractivity contribution in [2.24, 2.45) is 0 Å². The van der Waals surface area contributed by atoms with Crippen LogP contribution in [0.3, 0.4) is 0 Å². The molecule has 0 spiro atoms. The zero-order valence-electron chi connectivity index (χ0n) is 10.9. The van der Waals surface area contributed by atoms with Gasteiger partial charge >= 0.3 is 0 Å². The minimum absolute atomic E-state index is 0.0558. The lowest BCUT2D eigenvalue weighted by Crippen LogP contribution is -2.50. The molecule has 1 saturated heterocycles. The summed E-state index contributed by atoms with van der Waals surface area (Å²) < 4.78 is 13.4. The molecule has 1 aromatic carbocycles. The molecule has 0 aliphatic carbocycles. The lowest BCUT2D eigenvalue weighted by molar-refractivity contribution is -0.122. The molecule has 3 nitrogen and oxygen atoms in total. The number of benzene rings is 1. The van der Waals surface area contributed by atoms with E-state index in [0.717, 1.165) is 32.2 Å². The van der Waals surface area contributed by atoms with Gasteiger partial charge in [0.2, 0.25) is 5.91 Å². The molecule has 2 rings (SSSR count). The van der Waals surface area contributed by atoms with Crippen molar-refractivity contribution in [1.29, 1.82) is 0 Å². The molecule has 1 aliphatic heterocycles. The van der Waals surface area contributed by atoms with Gasteiger partial charge in [0.15, 0.2) is 0 Å². The van der Waals surface area contributed by atoms with E-state index in [2.05, 4.69) is 17.6 Å². The second-order valence-corrected chi connectivity index (χ2v) is 5.35. The molecule has 0 bridgehead atoms. The molecule has 1 fully saturated rings. The predicted octanol–water partition coefficient (Wildman–Crippen LogP) is 3.34. The van der Waals surface area contributed by atoms with Gasteiger partial charge in [-0.15, -0.1) is 0 Å². The van der Waals surface area contributed by atoms with Gasteiger partial charge in [-0.3, -0.25) is 4.79 Å². The van der Waals surface area contributed by atoms with E-state index >= 15 is 0 Å². The molecule has 1 amide bonds. The molecule has 5 heteroatoms. The summed E-state index contributed by atoms with van der Waals surface area (Å²) in [5.41, 5.74) is -0.0683.